The first-order valence-corrected chi connectivity index (χ1v) is 12.3. The number of likely N-dealkylation sites (tertiary alicyclic amines) is 1. The molecule has 2 fully saturated rings. The molecular formula is C21H25N7O2S. The van der Waals surface area contributed by atoms with Gasteiger partial charge >= 0.3 is 0 Å². The van der Waals surface area contributed by atoms with E-state index in [0.717, 1.165) is 48.1 Å². The first kappa shape index (κ1) is 20.2. The highest BCUT2D eigenvalue weighted by molar-refractivity contribution is 7.88. The molecule has 162 valence electrons. The smallest absolute Gasteiger partial charge is 0.211 e. The zero-order chi connectivity index (χ0) is 21.6. The molecule has 0 atom stereocenters. The summed E-state index contributed by atoms with van der Waals surface area (Å²) in [6.45, 7) is 2.63. The number of fused-ring (bicyclic) bond motifs is 1. The third-order valence-corrected chi connectivity index (χ3v) is 7.95. The van der Waals surface area contributed by atoms with Crippen molar-refractivity contribution < 1.29 is 8.42 Å². The minimum atomic E-state index is -3.12. The zero-order valence-electron chi connectivity index (χ0n) is 17.4. The SMILES string of the molecule is CS(=O)(=O)N1CCC(N2CC(CC#N)(n3cc(-c4ccnc5[nH]ccc45)cn3)C2)CC1. The van der Waals surface area contributed by atoms with Gasteiger partial charge in [-0.1, -0.05) is 0 Å². The predicted molar refractivity (Wildman–Crippen MR) is 117 cm³/mol. The average molecular weight is 440 g/mol. The Bertz CT molecular complexity index is 1240. The number of piperidine rings is 1. The van der Waals surface area contributed by atoms with Crippen LogP contribution in [0.2, 0.25) is 0 Å². The van der Waals surface area contributed by atoms with Gasteiger partial charge in [0.2, 0.25) is 10.0 Å². The van der Waals surface area contributed by atoms with E-state index in [1.165, 1.54) is 6.26 Å². The largest absolute Gasteiger partial charge is 0.346 e. The van der Waals surface area contributed by atoms with Crippen LogP contribution in [-0.2, 0) is 15.6 Å². The molecule has 3 aromatic rings. The van der Waals surface area contributed by atoms with Crippen molar-refractivity contribution in [3.05, 3.63) is 36.9 Å². The Kier molecular flexibility index (Phi) is 4.84. The van der Waals surface area contributed by atoms with Gasteiger partial charge in [-0.3, -0.25) is 9.58 Å². The molecule has 0 spiro atoms. The molecule has 0 unspecified atom stereocenters. The third-order valence-electron chi connectivity index (χ3n) is 6.65. The molecule has 0 aliphatic carbocycles. The van der Waals surface area contributed by atoms with Gasteiger partial charge in [-0.15, -0.1) is 0 Å². The number of nitriles is 1. The summed E-state index contributed by atoms with van der Waals surface area (Å²) in [6.07, 6.45) is 10.9. The molecule has 0 amide bonds. The lowest BCUT2D eigenvalue weighted by Gasteiger charge is -2.53. The van der Waals surface area contributed by atoms with Crippen LogP contribution < -0.4 is 0 Å². The summed E-state index contributed by atoms with van der Waals surface area (Å²) in [4.78, 5) is 9.85. The van der Waals surface area contributed by atoms with Gasteiger partial charge < -0.3 is 4.98 Å². The first-order chi connectivity index (χ1) is 14.9. The number of hydrogen-bond acceptors (Lipinski definition) is 6. The second-order valence-corrected chi connectivity index (χ2v) is 10.6. The highest BCUT2D eigenvalue weighted by Crippen LogP contribution is 2.37. The molecule has 0 aromatic carbocycles. The van der Waals surface area contributed by atoms with Crippen molar-refractivity contribution in [2.24, 2.45) is 0 Å². The molecule has 2 aliphatic heterocycles. The van der Waals surface area contributed by atoms with Crippen LogP contribution in [0.25, 0.3) is 22.2 Å². The highest BCUT2D eigenvalue weighted by Gasteiger charge is 2.48. The molecular weight excluding hydrogens is 414 g/mol. The van der Waals surface area contributed by atoms with Crippen LogP contribution in [0, 0.1) is 11.3 Å². The van der Waals surface area contributed by atoms with E-state index in [4.69, 9.17) is 0 Å². The summed E-state index contributed by atoms with van der Waals surface area (Å²) in [6, 6.07) is 6.68. The first-order valence-electron chi connectivity index (χ1n) is 10.4. The van der Waals surface area contributed by atoms with Crippen molar-refractivity contribution in [1.29, 1.82) is 5.26 Å². The van der Waals surface area contributed by atoms with Gasteiger partial charge in [-0.2, -0.15) is 10.4 Å². The molecule has 2 saturated heterocycles. The van der Waals surface area contributed by atoms with Crippen LogP contribution in [0.4, 0.5) is 0 Å². The summed E-state index contributed by atoms with van der Waals surface area (Å²) >= 11 is 0. The predicted octanol–water partition coefficient (Wildman–Crippen LogP) is 1.77. The van der Waals surface area contributed by atoms with Gasteiger partial charge in [0.15, 0.2) is 0 Å². The Morgan fingerprint density at radius 3 is 2.77 bits per heavy atom. The molecule has 10 heteroatoms. The van der Waals surface area contributed by atoms with Crippen molar-refractivity contribution in [1.82, 2.24) is 29.0 Å². The van der Waals surface area contributed by atoms with Crippen LogP contribution in [0.1, 0.15) is 19.3 Å². The lowest BCUT2D eigenvalue weighted by atomic mass is 9.84. The number of hydrogen-bond donors (Lipinski definition) is 1. The quantitative estimate of drug-likeness (QED) is 0.649. The summed E-state index contributed by atoms with van der Waals surface area (Å²) in [5.74, 6) is 0. The van der Waals surface area contributed by atoms with E-state index in [2.05, 4.69) is 26.0 Å². The Hall–Kier alpha value is -2.74. The van der Waals surface area contributed by atoms with Gasteiger partial charge in [0.1, 0.15) is 11.2 Å². The molecule has 2 aliphatic rings. The number of sulfonamides is 1. The van der Waals surface area contributed by atoms with Crippen LogP contribution in [0.3, 0.4) is 0 Å². The van der Waals surface area contributed by atoms with Crippen LogP contribution in [-0.4, -0.2) is 75.8 Å². The van der Waals surface area contributed by atoms with Gasteiger partial charge in [-0.05, 0) is 30.5 Å². The number of pyridine rings is 1. The molecule has 1 N–H and O–H groups in total. The second-order valence-electron chi connectivity index (χ2n) is 8.63. The minimum Gasteiger partial charge on any atom is -0.346 e. The molecule has 0 bridgehead atoms. The van der Waals surface area contributed by atoms with E-state index in [9.17, 15) is 13.7 Å². The maximum atomic E-state index is 11.8. The Balaban J connectivity index is 1.33. The Morgan fingerprint density at radius 1 is 1.29 bits per heavy atom. The summed E-state index contributed by atoms with van der Waals surface area (Å²) in [7, 11) is -3.12. The number of nitrogens with zero attached hydrogens (tertiary/aromatic N) is 6. The van der Waals surface area contributed by atoms with E-state index in [0.29, 0.717) is 25.6 Å². The topological polar surface area (TPSA) is 111 Å². The molecule has 0 saturated carbocycles. The number of rotatable bonds is 5. The fraction of sp³-hybridized carbons (Fsp3) is 0.476. The van der Waals surface area contributed by atoms with Gasteiger partial charge in [0.05, 0.1) is 24.9 Å². The molecule has 3 aromatic heterocycles. The number of nitrogens with one attached hydrogen (secondary N) is 1. The van der Waals surface area contributed by atoms with Crippen molar-refractivity contribution in [2.45, 2.75) is 30.8 Å². The number of aromatic nitrogens is 4. The van der Waals surface area contributed by atoms with Crippen LogP contribution in [0.5, 0.6) is 0 Å². The van der Waals surface area contributed by atoms with E-state index < -0.39 is 10.0 Å². The average Bonchev–Trinajstić information content (AvgIpc) is 3.39. The highest BCUT2D eigenvalue weighted by atomic mass is 32.2. The lowest BCUT2D eigenvalue weighted by molar-refractivity contribution is -0.0382. The van der Waals surface area contributed by atoms with Gasteiger partial charge in [0.25, 0.3) is 0 Å². The van der Waals surface area contributed by atoms with E-state index in [1.807, 2.05) is 35.4 Å². The Labute approximate surface area is 181 Å². The fourth-order valence-electron chi connectivity index (χ4n) is 4.93. The van der Waals surface area contributed by atoms with Gasteiger partial charge in [-0.25, -0.2) is 17.7 Å². The van der Waals surface area contributed by atoms with Crippen molar-refractivity contribution in [3.63, 3.8) is 0 Å². The maximum absolute atomic E-state index is 11.8. The number of aromatic amines is 1. The Morgan fingerprint density at radius 2 is 2.06 bits per heavy atom. The maximum Gasteiger partial charge on any atom is 0.211 e. The molecule has 5 heterocycles. The summed E-state index contributed by atoms with van der Waals surface area (Å²) in [5, 5.41) is 15.2. The normalized spacial score (nSPS) is 20.5. The molecule has 31 heavy (non-hydrogen) atoms. The summed E-state index contributed by atoms with van der Waals surface area (Å²) < 4.78 is 27.0. The monoisotopic (exact) mass is 439 g/mol. The second kappa shape index (κ2) is 7.44. The summed E-state index contributed by atoms with van der Waals surface area (Å²) in [5.41, 5.74) is 2.57. The van der Waals surface area contributed by atoms with Crippen LogP contribution >= 0.6 is 0 Å². The van der Waals surface area contributed by atoms with Gasteiger partial charge in [0, 0.05) is 61.8 Å². The van der Waals surface area contributed by atoms with Crippen LogP contribution in [0.15, 0.2) is 36.9 Å². The van der Waals surface area contributed by atoms with E-state index in [-0.39, 0.29) is 5.54 Å². The lowest BCUT2D eigenvalue weighted by Crippen LogP contribution is -2.66. The zero-order valence-corrected chi connectivity index (χ0v) is 18.2. The molecule has 0 radical (unpaired) electrons. The standard InChI is InChI=1S/C21H25N7O2S/c1-31(29,30)27-10-4-17(5-11-27)26-14-21(15-26,6-7-22)28-13-16(12-25-28)18-2-8-23-20-19(18)3-9-24-20/h2-3,8-9,12-13,17H,4-6,10-11,14-15H2,1H3,(H,23,24). The van der Waals surface area contributed by atoms with Crippen molar-refractivity contribution >= 4 is 21.1 Å². The van der Waals surface area contributed by atoms with Crippen molar-refractivity contribution in [2.75, 3.05) is 32.4 Å². The van der Waals surface area contributed by atoms with Crippen molar-refractivity contribution in [3.8, 4) is 17.2 Å². The molecule has 5 rings (SSSR count). The number of H-pyrrole nitrogens is 1. The molecule has 9 nitrogen and oxygen atoms in total. The minimum absolute atomic E-state index is 0.342. The van der Waals surface area contributed by atoms with E-state index in [1.54, 1.807) is 10.5 Å². The fourth-order valence-corrected chi connectivity index (χ4v) is 5.80. The third kappa shape index (κ3) is 3.52. The van der Waals surface area contributed by atoms with E-state index >= 15 is 0 Å².